The third-order valence-electron chi connectivity index (χ3n) is 1.75. The van der Waals surface area contributed by atoms with E-state index in [1.807, 2.05) is 0 Å². The van der Waals surface area contributed by atoms with E-state index >= 15 is 0 Å². The largest absolute Gasteiger partial charge is 0.375 e. The summed E-state index contributed by atoms with van der Waals surface area (Å²) in [5.74, 6) is 0. The lowest BCUT2D eigenvalue weighted by Gasteiger charge is -2.12. The average Bonchev–Trinajstić information content (AvgIpc) is 2.18. The molecule has 0 radical (unpaired) electrons. The average molecular weight is 281 g/mol. The minimum Gasteiger partial charge on any atom is -0.331 e. The highest BCUT2D eigenvalue weighted by atomic mass is 35.5. The van der Waals surface area contributed by atoms with Gasteiger partial charge in [-0.25, -0.2) is 4.79 Å². The summed E-state index contributed by atoms with van der Waals surface area (Å²) in [6, 6.07) is 5.71. The smallest absolute Gasteiger partial charge is 0.331 e. The molecule has 3 nitrogen and oxygen atoms in total. The molecule has 2 amide bonds. The molecular formula is C10H11ClF2N2OS. The number of carbonyl (C=O) groups is 1. The Morgan fingerprint density at radius 2 is 1.88 bits per heavy atom. The fourth-order valence-electron chi connectivity index (χ4n) is 0.975. The summed E-state index contributed by atoms with van der Waals surface area (Å²) in [5, 5.41) is 2.59. The lowest BCUT2D eigenvalue weighted by Crippen LogP contribution is -2.27. The molecule has 0 aliphatic heterocycles. The highest BCUT2D eigenvalue weighted by Crippen LogP contribution is 2.39. The first-order valence-electron chi connectivity index (χ1n) is 4.62. The lowest BCUT2D eigenvalue weighted by molar-refractivity contribution is 0.203. The Morgan fingerprint density at radius 3 is 2.29 bits per heavy atom. The van der Waals surface area contributed by atoms with Crippen LogP contribution in [-0.4, -0.2) is 29.7 Å². The number of carbonyl (C=O) groups excluding carboxylic acids is 1. The van der Waals surface area contributed by atoms with Crippen LogP contribution < -0.4 is 5.32 Å². The molecule has 0 saturated heterocycles. The molecule has 0 unspecified atom stereocenters. The van der Waals surface area contributed by atoms with Gasteiger partial charge in [0.1, 0.15) is 0 Å². The number of thioether (sulfide) groups is 1. The predicted molar refractivity (Wildman–Crippen MR) is 65.8 cm³/mol. The van der Waals surface area contributed by atoms with Crippen molar-refractivity contribution >= 4 is 35.1 Å². The maximum absolute atomic E-state index is 12.5. The SMILES string of the molecule is CN(C)C(=O)Nc1ccc(SC(F)(F)Cl)cc1. The second-order valence-corrected chi connectivity index (χ2v) is 5.28. The molecule has 0 atom stereocenters. The number of alkyl halides is 3. The number of anilines is 1. The molecule has 0 spiro atoms. The molecule has 0 aliphatic carbocycles. The molecule has 0 heterocycles. The van der Waals surface area contributed by atoms with Gasteiger partial charge in [-0.15, -0.1) is 0 Å². The molecule has 0 saturated carbocycles. The van der Waals surface area contributed by atoms with Crippen LogP contribution in [0.1, 0.15) is 0 Å². The number of nitrogens with one attached hydrogen (secondary N) is 1. The molecule has 0 bridgehead atoms. The normalized spacial score (nSPS) is 11.1. The number of rotatable bonds is 3. The molecule has 0 aliphatic rings. The van der Waals surface area contributed by atoms with Crippen molar-refractivity contribution < 1.29 is 13.6 Å². The van der Waals surface area contributed by atoms with Crippen molar-refractivity contribution in [3.8, 4) is 0 Å². The van der Waals surface area contributed by atoms with Gasteiger partial charge in [-0.1, -0.05) is 0 Å². The number of urea groups is 1. The first-order chi connectivity index (χ1) is 7.78. The van der Waals surface area contributed by atoms with Gasteiger partial charge in [0.25, 0.3) is 0 Å². The number of halogens is 3. The van der Waals surface area contributed by atoms with Crippen molar-refractivity contribution in [1.29, 1.82) is 0 Å². The van der Waals surface area contributed by atoms with Gasteiger partial charge in [0.15, 0.2) is 0 Å². The van der Waals surface area contributed by atoms with Crippen molar-refractivity contribution in [3.05, 3.63) is 24.3 Å². The highest BCUT2D eigenvalue weighted by Gasteiger charge is 2.26. The molecule has 94 valence electrons. The summed E-state index contributed by atoms with van der Waals surface area (Å²) >= 11 is 5.03. The lowest BCUT2D eigenvalue weighted by atomic mass is 10.3. The van der Waals surface area contributed by atoms with E-state index < -0.39 is 4.71 Å². The molecule has 1 aromatic carbocycles. The van der Waals surface area contributed by atoms with Crippen molar-refractivity contribution in [3.63, 3.8) is 0 Å². The standard InChI is InChI=1S/C10H11ClF2N2OS/c1-15(2)9(16)14-7-3-5-8(6-4-7)17-10(11,12)13/h3-6H,1-2H3,(H,14,16). The summed E-state index contributed by atoms with van der Waals surface area (Å²) in [6.45, 7) is 0. The van der Waals surface area contributed by atoms with E-state index in [0.29, 0.717) is 10.6 Å². The van der Waals surface area contributed by atoms with Crippen LogP contribution in [0.5, 0.6) is 0 Å². The van der Waals surface area contributed by atoms with Gasteiger partial charge in [-0.3, -0.25) is 0 Å². The molecule has 1 aromatic rings. The minimum atomic E-state index is -3.32. The number of hydrogen-bond acceptors (Lipinski definition) is 2. The van der Waals surface area contributed by atoms with Crippen LogP contribution in [0, 0.1) is 0 Å². The number of hydrogen-bond donors (Lipinski definition) is 1. The Labute approximate surface area is 107 Å². The Morgan fingerprint density at radius 1 is 1.35 bits per heavy atom. The summed E-state index contributed by atoms with van der Waals surface area (Å²) in [6.07, 6.45) is 0. The zero-order valence-electron chi connectivity index (χ0n) is 9.21. The van der Waals surface area contributed by atoms with Crippen molar-refractivity contribution in [1.82, 2.24) is 4.90 Å². The van der Waals surface area contributed by atoms with Crippen LogP contribution in [0.3, 0.4) is 0 Å². The van der Waals surface area contributed by atoms with Gasteiger partial charge < -0.3 is 10.2 Å². The third kappa shape index (κ3) is 5.23. The molecule has 1 N–H and O–H groups in total. The Bertz CT molecular complexity index is 392. The minimum absolute atomic E-state index is 0.244. The second-order valence-electron chi connectivity index (χ2n) is 3.40. The van der Waals surface area contributed by atoms with Crippen molar-refractivity contribution in [2.45, 2.75) is 9.61 Å². The summed E-state index contributed by atoms with van der Waals surface area (Å²) < 4.78 is 21.6. The quantitative estimate of drug-likeness (QED) is 0.677. The molecular weight excluding hydrogens is 270 g/mol. The Balaban J connectivity index is 2.65. The van der Waals surface area contributed by atoms with Crippen LogP contribution in [0.15, 0.2) is 29.2 Å². The molecule has 17 heavy (non-hydrogen) atoms. The van der Waals surface area contributed by atoms with Crippen LogP contribution in [0.2, 0.25) is 0 Å². The predicted octanol–water partition coefficient (Wildman–Crippen LogP) is 3.66. The van der Waals surface area contributed by atoms with Crippen LogP contribution in [-0.2, 0) is 0 Å². The molecule has 0 fully saturated rings. The van der Waals surface area contributed by atoms with E-state index in [0.717, 1.165) is 0 Å². The van der Waals surface area contributed by atoms with Crippen LogP contribution in [0.4, 0.5) is 19.3 Å². The fraction of sp³-hybridized carbons (Fsp3) is 0.300. The monoisotopic (exact) mass is 280 g/mol. The van der Waals surface area contributed by atoms with Crippen LogP contribution >= 0.6 is 23.4 Å². The molecule has 1 rings (SSSR count). The maximum atomic E-state index is 12.5. The number of amides is 2. The van der Waals surface area contributed by atoms with Gasteiger partial charge >= 0.3 is 10.7 Å². The summed E-state index contributed by atoms with van der Waals surface area (Å²) in [4.78, 5) is 13.0. The number of benzene rings is 1. The molecule has 7 heteroatoms. The van der Waals surface area contributed by atoms with E-state index in [4.69, 9.17) is 11.6 Å². The maximum Gasteiger partial charge on any atom is 0.375 e. The number of nitrogens with zero attached hydrogens (tertiary/aromatic N) is 1. The summed E-state index contributed by atoms with van der Waals surface area (Å²) in [5.41, 5.74) is 0.533. The topological polar surface area (TPSA) is 32.3 Å². The van der Waals surface area contributed by atoms with Crippen molar-refractivity contribution in [2.75, 3.05) is 19.4 Å². The zero-order chi connectivity index (χ0) is 13.1. The van der Waals surface area contributed by atoms with Gasteiger partial charge in [0.05, 0.1) is 0 Å². The molecule has 0 aromatic heterocycles. The second kappa shape index (κ2) is 5.55. The van der Waals surface area contributed by atoms with E-state index in [2.05, 4.69) is 5.32 Å². The van der Waals surface area contributed by atoms with E-state index in [9.17, 15) is 13.6 Å². The fourth-order valence-corrected chi connectivity index (χ4v) is 1.78. The van der Waals surface area contributed by atoms with Crippen LogP contribution in [0.25, 0.3) is 0 Å². The van der Waals surface area contributed by atoms with Gasteiger partial charge in [0.2, 0.25) is 0 Å². The van der Waals surface area contributed by atoms with E-state index in [-0.39, 0.29) is 17.8 Å². The van der Waals surface area contributed by atoms with E-state index in [1.54, 1.807) is 14.1 Å². The van der Waals surface area contributed by atoms with Gasteiger partial charge in [-0.05, 0) is 47.6 Å². The highest BCUT2D eigenvalue weighted by molar-refractivity contribution is 8.01. The van der Waals surface area contributed by atoms with Gasteiger partial charge in [-0.2, -0.15) is 8.78 Å². The Kier molecular flexibility index (Phi) is 4.59. The zero-order valence-corrected chi connectivity index (χ0v) is 10.8. The first-order valence-corrected chi connectivity index (χ1v) is 5.81. The van der Waals surface area contributed by atoms with Crippen molar-refractivity contribution in [2.24, 2.45) is 0 Å². The first kappa shape index (κ1) is 14.1. The summed E-state index contributed by atoms with van der Waals surface area (Å²) in [7, 11) is 3.21. The van der Waals surface area contributed by atoms with Gasteiger partial charge in [0, 0.05) is 24.7 Å². The van der Waals surface area contributed by atoms with E-state index in [1.165, 1.54) is 29.2 Å². The third-order valence-corrected chi connectivity index (χ3v) is 2.72. The Hall–Kier alpha value is -1.01.